The molecule has 51 heavy (non-hydrogen) atoms. The molecular formula is C36H39F12NP2. The summed E-state index contributed by atoms with van der Waals surface area (Å²) in [6, 6.07) is 7.38. The lowest BCUT2D eigenvalue weighted by atomic mass is 9.88. The smallest absolute Gasteiger partial charge is 0.324 e. The van der Waals surface area contributed by atoms with Gasteiger partial charge in [0.1, 0.15) is 0 Å². The fourth-order valence-electron chi connectivity index (χ4n) is 6.88. The number of hydrogen-bond acceptors (Lipinski definition) is 1. The van der Waals surface area contributed by atoms with Crippen molar-refractivity contribution in [2.45, 2.75) is 83.4 Å². The number of halogens is 12. The fraction of sp³-hybridized carbons (Fsp3) is 0.500. The molecule has 1 fully saturated rings. The first-order valence-corrected chi connectivity index (χ1v) is 19.5. The van der Waals surface area contributed by atoms with Crippen LogP contribution in [0.3, 0.4) is 0 Å². The van der Waals surface area contributed by atoms with Crippen molar-refractivity contribution in [2.24, 2.45) is 23.5 Å². The molecule has 2 N–H and O–H groups in total. The molecule has 2 unspecified atom stereocenters. The second-order valence-electron chi connectivity index (χ2n) is 13.9. The molecule has 0 spiro atoms. The van der Waals surface area contributed by atoms with E-state index in [9.17, 15) is 52.7 Å². The van der Waals surface area contributed by atoms with Gasteiger partial charge in [0.25, 0.3) is 0 Å². The molecule has 3 atom stereocenters. The van der Waals surface area contributed by atoms with Gasteiger partial charge in [-0.25, -0.2) is 0 Å². The highest BCUT2D eigenvalue weighted by Crippen LogP contribution is 2.54. The third-order valence-corrected chi connectivity index (χ3v) is 14.9. The molecular weight excluding hydrogens is 736 g/mol. The van der Waals surface area contributed by atoms with Gasteiger partial charge in [0, 0.05) is 5.78 Å². The minimum Gasteiger partial charge on any atom is -0.324 e. The summed E-state index contributed by atoms with van der Waals surface area (Å²) in [5.74, 6) is -0.202. The lowest BCUT2D eigenvalue weighted by Crippen LogP contribution is -2.35. The van der Waals surface area contributed by atoms with Crippen LogP contribution in [0.1, 0.15) is 80.7 Å². The van der Waals surface area contributed by atoms with E-state index in [2.05, 4.69) is 27.7 Å². The van der Waals surface area contributed by atoms with E-state index in [4.69, 9.17) is 5.73 Å². The van der Waals surface area contributed by atoms with Gasteiger partial charge in [-0.05, 0) is 115 Å². The number of hydrogen-bond donors (Lipinski definition) is 1. The zero-order chi connectivity index (χ0) is 38.3. The Hall–Kier alpha value is -2.36. The topological polar surface area (TPSA) is 26.0 Å². The molecule has 282 valence electrons. The average molecular weight is 776 g/mol. The van der Waals surface area contributed by atoms with Crippen molar-refractivity contribution in [3.05, 3.63) is 88.5 Å². The quantitative estimate of drug-likeness (QED) is 0.161. The summed E-state index contributed by atoms with van der Waals surface area (Å²) in [7, 11) is -3.58. The minimum atomic E-state index is -5.31. The number of benzene rings is 3. The predicted molar refractivity (Wildman–Crippen MR) is 180 cm³/mol. The van der Waals surface area contributed by atoms with Gasteiger partial charge in [-0.3, -0.25) is 0 Å². The van der Waals surface area contributed by atoms with Gasteiger partial charge in [-0.2, -0.15) is 52.7 Å². The molecule has 0 saturated heterocycles. The van der Waals surface area contributed by atoms with Crippen molar-refractivity contribution in [3.63, 3.8) is 0 Å². The third kappa shape index (κ3) is 10.2. The van der Waals surface area contributed by atoms with Gasteiger partial charge in [0.15, 0.2) is 0 Å². The molecule has 1 nitrogen and oxygen atoms in total. The van der Waals surface area contributed by atoms with Crippen LogP contribution in [0.25, 0.3) is 0 Å². The Balaban J connectivity index is 2.04. The average Bonchev–Trinajstić information content (AvgIpc) is 3.48. The molecule has 0 heterocycles. The summed E-state index contributed by atoms with van der Waals surface area (Å²) in [4.78, 5) is 0. The van der Waals surface area contributed by atoms with Crippen molar-refractivity contribution < 1.29 is 52.7 Å². The Morgan fingerprint density at radius 2 is 1.00 bits per heavy atom. The molecule has 0 amide bonds. The van der Waals surface area contributed by atoms with E-state index in [-0.39, 0.29) is 35.1 Å². The van der Waals surface area contributed by atoms with Crippen LogP contribution in [0.4, 0.5) is 52.7 Å². The summed E-state index contributed by atoms with van der Waals surface area (Å²) >= 11 is 0. The van der Waals surface area contributed by atoms with Crippen molar-refractivity contribution in [3.8, 4) is 0 Å². The first-order chi connectivity index (χ1) is 23.4. The minimum absolute atomic E-state index is 0.0774. The highest BCUT2D eigenvalue weighted by Gasteiger charge is 2.42. The van der Waals surface area contributed by atoms with E-state index in [1.165, 1.54) is 12.1 Å². The fourth-order valence-corrected chi connectivity index (χ4v) is 12.9. The molecule has 0 aliphatic heterocycles. The normalized spacial score (nSPS) is 18.5. The SMILES string of the molecule is CC(C)CP(CC(C)C)[C@H](N)C1CCCC1c1ccccc1P(c1cc(C(F)(F)F)cc(C(F)(F)F)c1)c1cc(C(F)(F)F)cc(C(F)(F)F)c1. The van der Waals surface area contributed by atoms with Crippen LogP contribution < -0.4 is 21.6 Å². The van der Waals surface area contributed by atoms with Gasteiger partial charge >= 0.3 is 24.7 Å². The third-order valence-electron chi connectivity index (χ3n) is 8.87. The number of alkyl halides is 12. The van der Waals surface area contributed by atoms with Gasteiger partial charge in [-0.15, -0.1) is 0 Å². The first-order valence-electron chi connectivity index (χ1n) is 16.4. The molecule has 1 saturated carbocycles. The van der Waals surface area contributed by atoms with Crippen LogP contribution in [-0.2, 0) is 24.7 Å². The second-order valence-corrected chi connectivity index (χ2v) is 18.5. The maximum absolute atomic E-state index is 14.1. The molecule has 3 aromatic rings. The summed E-state index contributed by atoms with van der Waals surface area (Å²) in [5.41, 5.74) is 0.537. The standard InChI is InChI=1S/C36H39F12NP2/c1-20(2)18-50(19-21(3)4)32(49)30-10-7-9-28(30)29-8-5-6-11-31(29)51(26-14-22(33(37,38)39)12-23(15-26)34(40,41)42)27-16-24(35(43,44)45)13-25(17-27)36(46,47)48/h5-6,8,11-17,20-21,28,30,32H,7,9-10,18-19,49H2,1-4H3/t28?,30?,32-/m0/s1. The van der Waals surface area contributed by atoms with Crippen molar-refractivity contribution in [1.29, 1.82) is 0 Å². The van der Waals surface area contributed by atoms with Gasteiger partial charge in [0.2, 0.25) is 0 Å². The highest BCUT2D eigenvalue weighted by atomic mass is 31.1. The number of nitrogens with two attached hydrogens (primary N) is 1. The predicted octanol–water partition coefficient (Wildman–Crippen LogP) is 11.5. The largest absolute Gasteiger partial charge is 0.416 e. The van der Waals surface area contributed by atoms with Crippen LogP contribution in [0.15, 0.2) is 60.7 Å². The van der Waals surface area contributed by atoms with Crippen LogP contribution in [0, 0.1) is 17.8 Å². The zero-order valence-corrected chi connectivity index (χ0v) is 30.0. The Bertz CT molecular complexity index is 1490. The molecule has 0 radical (unpaired) electrons. The summed E-state index contributed by atoms with van der Waals surface area (Å²) in [6.07, 6.45) is -17.6. The van der Waals surface area contributed by atoms with E-state index in [1.807, 2.05) is 0 Å². The van der Waals surface area contributed by atoms with Crippen molar-refractivity contribution >= 4 is 31.8 Å². The zero-order valence-electron chi connectivity index (χ0n) is 28.2. The summed E-state index contributed by atoms with van der Waals surface area (Å²) in [6.45, 7) is 8.30. The molecule has 0 bridgehead atoms. The van der Waals surface area contributed by atoms with Gasteiger partial charge < -0.3 is 5.73 Å². The molecule has 3 aromatic carbocycles. The van der Waals surface area contributed by atoms with E-state index < -0.39 is 73.4 Å². The summed E-state index contributed by atoms with van der Waals surface area (Å²) in [5, 5.41) is -1.30. The highest BCUT2D eigenvalue weighted by molar-refractivity contribution is 7.80. The maximum Gasteiger partial charge on any atom is 0.416 e. The van der Waals surface area contributed by atoms with E-state index in [0.29, 0.717) is 60.9 Å². The second kappa shape index (κ2) is 15.5. The van der Waals surface area contributed by atoms with Crippen molar-refractivity contribution in [2.75, 3.05) is 12.3 Å². The molecule has 1 aliphatic rings. The monoisotopic (exact) mass is 775 g/mol. The van der Waals surface area contributed by atoms with Gasteiger partial charge in [-0.1, -0.05) is 66.3 Å². The molecule has 0 aromatic heterocycles. The van der Waals surface area contributed by atoms with Crippen LogP contribution in [0.2, 0.25) is 0 Å². The van der Waals surface area contributed by atoms with E-state index in [1.54, 1.807) is 12.1 Å². The summed E-state index contributed by atoms with van der Waals surface area (Å²) < 4.78 is 169. The first kappa shape index (κ1) is 41.4. The number of rotatable bonds is 10. The lowest BCUT2D eigenvalue weighted by Gasteiger charge is -2.36. The lowest BCUT2D eigenvalue weighted by molar-refractivity contribution is -0.144. The molecule has 1 aliphatic carbocycles. The molecule has 4 rings (SSSR count). The maximum atomic E-state index is 14.1. The van der Waals surface area contributed by atoms with Crippen molar-refractivity contribution in [1.82, 2.24) is 0 Å². The van der Waals surface area contributed by atoms with E-state index >= 15 is 0 Å². The van der Waals surface area contributed by atoms with E-state index in [0.717, 1.165) is 12.3 Å². The van der Waals surface area contributed by atoms with Crippen LogP contribution in [-0.4, -0.2) is 18.1 Å². The van der Waals surface area contributed by atoms with Crippen LogP contribution >= 0.6 is 15.8 Å². The van der Waals surface area contributed by atoms with Gasteiger partial charge in [0.05, 0.1) is 22.3 Å². The Kier molecular flexibility index (Phi) is 12.6. The Labute approximate surface area is 291 Å². The van der Waals surface area contributed by atoms with Crippen LogP contribution in [0.5, 0.6) is 0 Å². The molecule has 15 heteroatoms. The Morgan fingerprint density at radius 1 is 0.608 bits per heavy atom. The Morgan fingerprint density at radius 3 is 1.37 bits per heavy atom.